The van der Waals surface area contributed by atoms with E-state index in [1.165, 1.54) is 4.88 Å². The quantitative estimate of drug-likeness (QED) is 0.380. The number of nitrogens with zero attached hydrogens (tertiary/aromatic N) is 5. The molecule has 0 unspecified atom stereocenters. The van der Waals surface area contributed by atoms with Crippen LogP contribution in [0.25, 0.3) is 22.1 Å². The molecule has 0 fully saturated rings. The van der Waals surface area contributed by atoms with Gasteiger partial charge in [0.15, 0.2) is 11.6 Å². The molecule has 0 spiro atoms. The number of aromatic nitrogens is 5. The normalized spacial score (nSPS) is 11.1. The Morgan fingerprint density at radius 2 is 1.48 bits per heavy atom. The van der Waals surface area contributed by atoms with Gasteiger partial charge in [-0.3, -0.25) is 0 Å². The van der Waals surface area contributed by atoms with Crippen molar-refractivity contribution < 1.29 is 0 Å². The van der Waals surface area contributed by atoms with Crippen LogP contribution in [0.2, 0.25) is 0 Å². The van der Waals surface area contributed by atoms with Crippen LogP contribution in [-0.2, 0) is 10.7 Å². The summed E-state index contributed by atoms with van der Waals surface area (Å²) in [5, 5.41) is 12.6. The Hall–Kier alpha value is -1.77. The molecule has 0 aliphatic carbocycles. The first-order valence-electron chi connectivity index (χ1n) is 7.54. The van der Waals surface area contributed by atoms with Gasteiger partial charge in [0, 0.05) is 27.9 Å². The average Bonchev–Trinajstić information content (AvgIpc) is 3.42. The zero-order chi connectivity index (χ0) is 17.2. The fraction of sp³-hybridized carbons (Fsp3) is 0.118. The number of thiophene rings is 1. The maximum absolute atomic E-state index is 4.75. The number of pyridine rings is 1. The summed E-state index contributed by atoms with van der Waals surface area (Å²) < 4.78 is 3.60. The van der Waals surface area contributed by atoms with Crippen molar-refractivity contribution in [3.05, 3.63) is 65.6 Å². The van der Waals surface area contributed by atoms with Gasteiger partial charge in [-0.05, 0) is 41.3 Å². The van der Waals surface area contributed by atoms with Crippen molar-refractivity contribution in [2.75, 3.05) is 0 Å². The van der Waals surface area contributed by atoms with Crippen LogP contribution in [0.15, 0.2) is 54.2 Å². The van der Waals surface area contributed by atoms with Crippen molar-refractivity contribution in [1.29, 1.82) is 0 Å². The molecule has 4 aromatic rings. The Balaban J connectivity index is 1.85. The van der Waals surface area contributed by atoms with Crippen molar-refractivity contribution in [2.45, 2.75) is 10.7 Å². The summed E-state index contributed by atoms with van der Waals surface area (Å²) in [6.07, 6.45) is 3.85. The summed E-state index contributed by atoms with van der Waals surface area (Å²) in [5.41, 5.74) is 3.03. The number of hydrogen-bond donors (Lipinski definition) is 0. The van der Waals surface area contributed by atoms with Gasteiger partial charge in [-0.1, -0.05) is 37.9 Å². The van der Waals surface area contributed by atoms with E-state index in [9.17, 15) is 0 Å². The van der Waals surface area contributed by atoms with Gasteiger partial charge in [-0.2, -0.15) is 10.2 Å². The fourth-order valence-corrected chi connectivity index (χ4v) is 3.76. The van der Waals surface area contributed by atoms with Gasteiger partial charge in [0.25, 0.3) is 0 Å². The van der Waals surface area contributed by atoms with E-state index in [4.69, 9.17) is 4.98 Å². The first kappa shape index (κ1) is 16.7. The van der Waals surface area contributed by atoms with Crippen molar-refractivity contribution in [3.63, 3.8) is 0 Å². The van der Waals surface area contributed by atoms with Gasteiger partial charge >= 0.3 is 0 Å². The Bertz CT molecular complexity index is 930. The molecule has 0 aromatic carbocycles. The molecule has 4 aromatic heterocycles. The van der Waals surface area contributed by atoms with E-state index in [2.05, 4.69) is 65.6 Å². The molecule has 0 amide bonds. The van der Waals surface area contributed by atoms with Crippen molar-refractivity contribution >= 4 is 43.2 Å². The lowest BCUT2D eigenvalue weighted by atomic mass is 10.2. The maximum Gasteiger partial charge on any atom is 0.156 e. The monoisotopic (exact) mass is 477 g/mol. The summed E-state index contributed by atoms with van der Waals surface area (Å²) in [5.74, 6) is 1.54. The Kier molecular flexibility index (Phi) is 4.82. The average molecular weight is 479 g/mol. The lowest BCUT2D eigenvalue weighted by Crippen LogP contribution is -2.05. The highest BCUT2D eigenvalue weighted by atomic mass is 79.9. The number of alkyl halides is 2. The van der Waals surface area contributed by atoms with Crippen LogP contribution in [0.3, 0.4) is 0 Å². The van der Waals surface area contributed by atoms with Crippen LogP contribution in [0, 0.1) is 0 Å². The second kappa shape index (κ2) is 7.23. The summed E-state index contributed by atoms with van der Waals surface area (Å²) in [7, 11) is 0. The van der Waals surface area contributed by atoms with Gasteiger partial charge in [-0.15, -0.1) is 11.3 Å². The smallest absolute Gasteiger partial charge is 0.156 e. The van der Waals surface area contributed by atoms with Gasteiger partial charge in [0.1, 0.15) is 0 Å². The molecule has 0 N–H and O–H groups in total. The highest BCUT2D eigenvalue weighted by molar-refractivity contribution is 9.08. The molecule has 5 nitrogen and oxygen atoms in total. The molecule has 0 aliphatic rings. The highest BCUT2D eigenvalue weighted by Gasteiger charge is 2.11. The van der Waals surface area contributed by atoms with E-state index < -0.39 is 0 Å². The number of halogens is 2. The predicted molar refractivity (Wildman–Crippen MR) is 107 cm³/mol. The molecule has 25 heavy (non-hydrogen) atoms. The fourth-order valence-electron chi connectivity index (χ4n) is 2.44. The van der Waals surface area contributed by atoms with Crippen molar-refractivity contribution in [3.8, 4) is 22.1 Å². The summed E-state index contributed by atoms with van der Waals surface area (Å²) in [4.78, 5) is 5.94. The molecular formula is C17H13Br2N5S. The molecule has 0 radical (unpaired) electrons. The lowest BCUT2D eigenvalue weighted by molar-refractivity contribution is 0.791. The minimum atomic E-state index is 0.714. The summed E-state index contributed by atoms with van der Waals surface area (Å²) >= 11 is 8.58. The van der Waals surface area contributed by atoms with Crippen LogP contribution in [0.1, 0.15) is 11.4 Å². The van der Waals surface area contributed by atoms with E-state index in [-0.39, 0.29) is 0 Å². The van der Waals surface area contributed by atoms with Crippen LogP contribution >= 0.6 is 43.2 Å². The van der Waals surface area contributed by atoms with Crippen LogP contribution in [0.4, 0.5) is 0 Å². The number of rotatable bonds is 5. The van der Waals surface area contributed by atoms with E-state index in [1.54, 1.807) is 20.7 Å². The predicted octanol–water partition coefficient (Wildman–Crippen LogP) is 4.97. The zero-order valence-corrected chi connectivity index (χ0v) is 17.0. The maximum atomic E-state index is 4.75. The molecule has 0 atom stereocenters. The lowest BCUT2D eigenvalue weighted by Gasteiger charge is -2.08. The largest absolute Gasteiger partial charge is 0.222 e. The topological polar surface area (TPSA) is 48.5 Å². The van der Waals surface area contributed by atoms with Crippen molar-refractivity contribution in [2.24, 2.45) is 0 Å². The molecule has 0 bridgehead atoms. The third-order valence-corrected chi connectivity index (χ3v) is 5.70. The molecular weight excluding hydrogens is 466 g/mol. The molecule has 4 rings (SSSR count). The minimum absolute atomic E-state index is 0.714. The zero-order valence-electron chi connectivity index (χ0n) is 13.0. The third kappa shape index (κ3) is 3.47. The summed E-state index contributed by atoms with van der Waals surface area (Å²) in [6.45, 7) is 0. The van der Waals surface area contributed by atoms with Gasteiger partial charge in [0.05, 0.1) is 11.4 Å². The van der Waals surface area contributed by atoms with Gasteiger partial charge in [0.2, 0.25) is 0 Å². The second-order valence-electron chi connectivity index (χ2n) is 5.32. The Labute approximate surface area is 165 Å². The van der Waals surface area contributed by atoms with Gasteiger partial charge < -0.3 is 0 Å². The van der Waals surface area contributed by atoms with Crippen LogP contribution in [0.5, 0.6) is 0 Å². The van der Waals surface area contributed by atoms with Crippen LogP contribution < -0.4 is 0 Å². The van der Waals surface area contributed by atoms with Crippen molar-refractivity contribution in [1.82, 2.24) is 24.5 Å². The molecule has 4 heterocycles. The highest BCUT2D eigenvalue weighted by Crippen LogP contribution is 2.27. The Morgan fingerprint density at radius 1 is 0.880 bits per heavy atom. The molecule has 0 saturated heterocycles. The van der Waals surface area contributed by atoms with E-state index in [0.717, 1.165) is 28.6 Å². The Morgan fingerprint density at radius 3 is 1.92 bits per heavy atom. The molecule has 8 heteroatoms. The van der Waals surface area contributed by atoms with Gasteiger partial charge in [-0.25, -0.2) is 14.3 Å². The van der Waals surface area contributed by atoms with E-state index >= 15 is 0 Å². The van der Waals surface area contributed by atoms with Crippen LogP contribution in [-0.4, -0.2) is 24.5 Å². The van der Waals surface area contributed by atoms with E-state index in [1.807, 2.05) is 30.6 Å². The molecule has 0 saturated carbocycles. The first-order valence-corrected chi connectivity index (χ1v) is 10.7. The standard InChI is InChI=1S/C17H13Br2N5S/c18-10-13-3-5-23(21-13)16-8-12(15-2-1-7-25-15)9-17(20-16)24-6-4-14(11-19)22-24/h1-9H,10-11H2. The van der Waals surface area contributed by atoms with E-state index in [0.29, 0.717) is 10.7 Å². The summed E-state index contributed by atoms with van der Waals surface area (Å²) in [6, 6.07) is 12.2. The second-order valence-corrected chi connectivity index (χ2v) is 7.39. The molecule has 0 aliphatic heterocycles. The third-order valence-electron chi connectivity index (χ3n) is 3.64. The SMILES string of the molecule is BrCc1ccn(-c2cc(-c3cccs3)cc(-n3ccc(CBr)n3)n2)n1. The first-order chi connectivity index (χ1) is 12.3. The molecule has 126 valence electrons. The number of hydrogen-bond acceptors (Lipinski definition) is 4. The minimum Gasteiger partial charge on any atom is -0.222 e.